The van der Waals surface area contributed by atoms with Crippen LogP contribution in [0.15, 0.2) is 60.7 Å². The van der Waals surface area contributed by atoms with Crippen molar-refractivity contribution in [2.45, 2.75) is 19.8 Å². The summed E-state index contributed by atoms with van der Waals surface area (Å²) in [5.41, 5.74) is 7.38. The van der Waals surface area contributed by atoms with Gasteiger partial charge < -0.3 is 20.9 Å². The molecule has 1 heterocycles. The molecule has 9 nitrogen and oxygen atoms in total. The van der Waals surface area contributed by atoms with Crippen LogP contribution < -0.4 is 20.7 Å². The first-order chi connectivity index (χ1) is 17.1. The van der Waals surface area contributed by atoms with E-state index in [1.54, 1.807) is 44.2 Å². The number of hydrogen-bond acceptors (Lipinski definition) is 6. The van der Waals surface area contributed by atoms with Gasteiger partial charge in [-0.2, -0.15) is 0 Å². The first-order valence-corrected chi connectivity index (χ1v) is 11.2. The molecule has 3 aromatic rings. The predicted octanol–water partition coefficient (Wildman–Crippen LogP) is 3.03. The minimum absolute atomic E-state index is 0.0509. The SMILES string of the molecule is COc1ccc(O)c(C2C(=O)N(c3c(C)cccc3C)C(=O)C2C(=O)Nc2ccccc2C(N)=O)c1. The third-order valence-corrected chi connectivity index (χ3v) is 6.27. The van der Waals surface area contributed by atoms with E-state index in [1.807, 2.05) is 0 Å². The van der Waals surface area contributed by atoms with E-state index in [-0.39, 0.29) is 22.6 Å². The van der Waals surface area contributed by atoms with Crippen LogP contribution in [0.1, 0.15) is 33.0 Å². The summed E-state index contributed by atoms with van der Waals surface area (Å²) in [6, 6.07) is 15.7. The minimum atomic E-state index is -1.53. The fourth-order valence-corrected chi connectivity index (χ4v) is 4.55. The van der Waals surface area contributed by atoms with Crippen LogP contribution in [-0.2, 0) is 14.4 Å². The minimum Gasteiger partial charge on any atom is -0.508 e. The number of primary amides is 1. The number of benzene rings is 3. The van der Waals surface area contributed by atoms with Gasteiger partial charge >= 0.3 is 0 Å². The number of hydrogen-bond donors (Lipinski definition) is 3. The van der Waals surface area contributed by atoms with Crippen molar-refractivity contribution in [2.75, 3.05) is 17.3 Å². The van der Waals surface area contributed by atoms with E-state index in [2.05, 4.69) is 5.32 Å². The molecular formula is C27H25N3O6. The monoisotopic (exact) mass is 487 g/mol. The van der Waals surface area contributed by atoms with Crippen LogP contribution in [-0.4, -0.2) is 35.8 Å². The molecule has 4 rings (SSSR count). The van der Waals surface area contributed by atoms with Crippen molar-refractivity contribution in [3.05, 3.63) is 82.9 Å². The lowest BCUT2D eigenvalue weighted by atomic mass is 9.86. The maximum Gasteiger partial charge on any atom is 0.250 e. The van der Waals surface area contributed by atoms with Gasteiger partial charge in [0, 0.05) is 5.56 Å². The third kappa shape index (κ3) is 4.15. The lowest BCUT2D eigenvalue weighted by molar-refractivity contribution is -0.129. The molecule has 9 heteroatoms. The van der Waals surface area contributed by atoms with Crippen LogP contribution >= 0.6 is 0 Å². The lowest BCUT2D eigenvalue weighted by Gasteiger charge is -2.20. The zero-order chi connectivity index (χ0) is 26.1. The lowest BCUT2D eigenvalue weighted by Crippen LogP contribution is -2.35. The van der Waals surface area contributed by atoms with Gasteiger partial charge in [-0.1, -0.05) is 30.3 Å². The highest BCUT2D eigenvalue weighted by molar-refractivity contribution is 6.31. The van der Waals surface area contributed by atoms with Gasteiger partial charge in [-0.25, -0.2) is 4.90 Å². The van der Waals surface area contributed by atoms with Crippen molar-refractivity contribution in [1.82, 2.24) is 0 Å². The summed E-state index contributed by atoms with van der Waals surface area (Å²) in [5, 5.41) is 13.2. The number of carbonyl (C=O) groups excluding carboxylic acids is 4. The van der Waals surface area contributed by atoms with E-state index in [4.69, 9.17) is 10.5 Å². The molecule has 4 N–H and O–H groups in total. The second-order valence-corrected chi connectivity index (χ2v) is 8.53. The van der Waals surface area contributed by atoms with Crippen molar-refractivity contribution >= 4 is 35.0 Å². The maximum atomic E-state index is 13.8. The van der Waals surface area contributed by atoms with Crippen LogP contribution in [0.5, 0.6) is 11.5 Å². The second kappa shape index (κ2) is 9.53. The van der Waals surface area contributed by atoms with E-state index in [9.17, 15) is 24.3 Å². The molecule has 36 heavy (non-hydrogen) atoms. The van der Waals surface area contributed by atoms with E-state index < -0.39 is 35.5 Å². The number of nitrogens with one attached hydrogen (secondary N) is 1. The number of para-hydroxylation sites is 2. The topological polar surface area (TPSA) is 139 Å². The summed E-state index contributed by atoms with van der Waals surface area (Å²) in [6.07, 6.45) is 0. The summed E-state index contributed by atoms with van der Waals surface area (Å²) in [5.74, 6) is -5.79. The summed E-state index contributed by atoms with van der Waals surface area (Å²) < 4.78 is 5.24. The maximum absolute atomic E-state index is 13.8. The molecule has 0 aliphatic carbocycles. The molecule has 0 radical (unpaired) electrons. The zero-order valence-corrected chi connectivity index (χ0v) is 19.9. The Morgan fingerprint density at radius 2 is 1.64 bits per heavy atom. The molecule has 1 aliphatic rings. The number of rotatable bonds is 6. The third-order valence-electron chi connectivity index (χ3n) is 6.27. The Balaban J connectivity index is 1.86. The fraction of sp³-hybridized carbons (Fsp3) is 0.185. The molecule has 0 saturated carbocycles. The van der Waals surface area contributed by atoms with E-state index in [1.165, 1.54) is 37.4 Å². The molecule has 0 spiro atoms. The molecule has 2 unspecified atom stereocenters. The molecule has 1 fully saturated rings. The Labute approximate surface area is 207 Å². The van der Waals surface area contributed by atoms with Crippen LogP contribution in [0.2, 0.25) is 0 Å². The van der Waals surface area contributed by atoms with Gasteiger partial charge in [0.1, 0.15) is 17.4 Å². The molecule has 1 saturated heterocycles. The van der Waals surface area contributed by atoms with Crippen LogP contribution in [0.3, 0.4) is 0 Å². The number of methoxy groups -OCH3 is 1. The van der Waals surface area contributed by atoms with Crippen molar-refractivity contribution in [3.63, 3.8) is 0 Å². The molecule has 0 bridgehead atoms. The smallest absolute Gasteiger partial charge is 0.250 e. The number of nitrogens with two attached hydrogens (primary N) is 1. The Morgan fingerprint density at radius 1 is 0.972 bits per heavy atom. The highest BCUT2D eigenvalue weighted by atomic mass is 16.5. The van der Waals surface area contributed by atoms with Gasteiger partial charge in [0.05, 0.1) is 30.0 Å². The first kappa shape index (κ1) is 24.5. The van der Waals surface area contributed by atoms with E-state index >= 15 is 0 Å². The van der Waals surface area contributed by atoms with Gasteiger partial charge in [-0.3, -0.25) is 19.2 Å². The highest BCUT2D eigenvalue weighted by Gasteiger charge is 2.54. The van der Waals surface area contributed by atoms with Crippen LogP contribution in [0.25, 0.3) is 0 Å². The van der Waals surface area contributed by atoms with Crippen LogP contribution in [0.4, 0.5) is 11.4 Å². The largest absolute Gasteiger partial charge is 0.508 e. The van der Waals surface area contributed by atoms with Crippen molar-refractivity contribution < 1.29 is 29.0 Å². The average molecular weight is 488 g/mol. The Morgan fingerprint density at radius 3 is 2.28 bits per heavy atom. The quantitative estimate of drug-likeness (QED) is 0.361. The normalized spacial score (nSPS) is 17.2. The number of carbonyl (C=O) groups is 4. The summed E-state index contributed by atoms with van der Waals surface area (Å²) in [4.78, 5) is 54.0. The van der Waals surface area contributed by atoms with Gasteiger partial charge in [0.25, 0.3) is 5.91 Å². The number of aryl methyl sites for hydroxylation is 2. The summed E-state index contributed by atoms with van der Waals surface area (Å²) >= 11 is 0. The molecule has 1 aliphatic heterocycles. The summed E-state index contributed by atoms with van der Waals surface area (Å²) in [6.45, 7) is 3.52. The average Bonchev–Trinajstić information content (AvgIpc) is 3.09. The number of phenols is 1. The Hall–Kier alpha value is -4.66. The van der Waals surface area contributed by atoms with E-state index in [0.717, 1.165) is 4.90 Å². The standard InChI is InChI=1S/C27H25N3O6/c1-14-7-6-8-15(2)23(14)30-26(34)21(18-13-16(36-3)11-12-20(18)31)22(27(30)35)25(33)29-19-10-5-4-9-17(19)24(28)32/h4-13,21-22,31H,1-3H3,(H2,28,32)(H,29,33). The summed E-state index contributed by atoms with van der Waals surface area (Å²) in [7, 11) is 1.42. The molecule has 184 valence electrons. The molecule has 4 amide bonds. The number of aromatic hydroxyl groups is 1. The number of nitrogens with zero attached hydrogens (tertiary/aromatic N) is 1. The van der Waals surface area contributed by atoms with Gasteiger partial charge in [0.15, 0.2) is 0 Å². The molecule has 3 aromatic carbocycles. The molecule has 2 atom stereocenters. The van der Waals surface area contributed by atoms with Gasteiger partial charge in [-0.15, -0.1) is 0 Å². The van der Waals surface area contributed by atoms with Gasteiger partial charge in [0.2, 0.25) is 17.7 Å². The Bertz CT molecular complexity index is 1380. The number of phenolic OH excluding ortho intramolecular Hbond substituents is 1. The number of amides is 4. The van der Waals surface area contributed by atoms with Crippen LogP contribution in [0, 0.1) is 19.8 Å². The Kier molecular flexibility index (Phi) is 6.48. The zero-order valence-electron chi connectivity index (χ0n) is 19.9. The predicted molar refractivity (Wildman–Crippen MR) is 133 cm³/mol. The van der Waals surface area contributed by atoms with Crippen molar-refractivity contribution in [3.8, 4) is 11.5 Å². The second-order valence-electron chi connectivity index (χ2n) is 8.53. The molecular weight excluding hydrogens is 462 g/mol. The molecule has 0 aromatic heterocycles. The number of ether oxygens (including phenoxy) is 1. The first-order valence-electron chi connectivity index (χ1n) is 11.2. The van der Waals surface area contributed by atoms with Crippen molar-refractivity contribution in [2.24, 2.45) is 11.7 Å². The fourth-order valence-electron chi connectivity index (χ4n) is 4.55. The highest BCUT2D eigenvalue weighted by Crippen LogP contribution is 2.44. The van der Waals surface area contributed by atoms with Gasteiger partial charge in [-0.05, 0) is 55.3 Å². The van der Waals surface area contributed by atoms with Crippen molar-refractivity contribution in [1.29, 1.82) is 0 Å². The number of imide groups is 1. The number of anilines is 2. The van der Waals surface area contributed by atoms with E-state index in [0.29, 0.717) is 22.6 Å².